The molecule has 7 atom stereocenters. The SMILES string of the molecule is CCOc1cnc(O[C@@H]2C[C@H]3C(=O)N[C@]4(C(=O)NS(=O)(=O)C5(C)CC5)C[C@H]4/C=C\CC[C@H](C)O[C@@H](C)[C@H](NC(=O)OC(C)(C)C(F)(F)F)C(=O)N3C2)c2ccccc12. The second-order valence-electron chi connectivity index (χ2n) is 16.2. The van der Waals surface area contributed by atoms with Crippen molar-refractivity contribution >= 4 is 44.6 Å². The van der Waals surface area contributed by atoms with Gasteiger partial charge in [0.1, 0.15) is 29.5 Å². The number of alkyl halides is 3. The zero-order chi connectivity index (χ0) is 42.4. The van der Waals surface area contributed by atoms with Gasteiger partial charge in [-0.05, 0) is 79.7 Å². The summed E-state index contributed by atoms with van der Waals surface area (Å²) in [4.78, 5) is 61.7. The normalized spacial score (nSPS) is 29.4. The van der Waals surface area contributed by atoms with Gasteiger partial charge in [-0.2, -0.15) is 13.2 Å². The Hall–Kier alpha value is -4.65. The number of aromatic nitrogens is 1. The topological polar surface area (TPSA) is 192 Å². The Kier molecular flexibility index (Phi) is 11.7. The average molecular weight is 838 g/mol. The molecule has 3 heterocycles. The lowest BCUT2D eigenvalue weighted by Gasteiger charge is -2.34. The Bertz CT molecular complexity index is 2080. The number of nitrogens with zero attached hydrogens (tertiary/aromatic N) is 2. The maximum atomic E-state index is 14.7. The van der Waals surface area contributed by atoms with Crippen LogP contribution in [0.3, 0.4) is 0 Å². The molecular formula is C39H50F3N5O10S. The van der Waals surface area contributed by atoms with Crippen molar-refractivity contribution in [1.29, 1.82) is 0 Å². The Morgan fingerprint density at radius 1 is 1.12 bits per heavy atom. The minimum Gasteiger partial charge on any atom is -0.492 e. The van der Waals surface area contributed by atoms with Crippen LogP contribution in [0, 0.1) is 5.92 Å². The number of ether oxygens (including phenoxy) is 4. The van der Waals surface area contributed by atoms with E-state index in [1.54, 1.807) is 31.2 Å². The molecule has 58 heavy (non-hydrogen) atoms. The highest BCUT2D eigenvalue weighted by Crippen LogP contribution is 2.47. The molecule has 19 heteroatoms. The molecule has 2 saturated carbocycles. The number of fused-ring (bicyclic) bond motifs is 3. The summed E-state index contributed by atoms with van der Waals surface area (Å²) >= 11 is 0. The molecule has 4 amide bonds. The molecular weight excluding hydrogens is 788 g/mol. The van der Waals surface area contributed by atoms with Gasteiger partial charge in [0, 0.05) is 23.1 Å². The van der Waals surface area contributed by atoms with Crippen molar-refractivity contribution < 1.29 is 59.7 Å². The summed E-state index contributed by atoms with van der Waals surface area (Å²) < 4.78 is 91.5. The van der Waals surface area contributed by atoms with E-state index >= 15 is 0 Å². The van der Waals surface area contributed by atoms with Crippen molar-refractivity contribution in [1.82, 2.24) is 25.2 Å². The van der Waals surface area contributed by atoms with Crippen molar-refractivity contribution in [3.63, 3.8) is 0 Å². The number of hydrogen-bond acceptors (Lipinski definition) is 11. The number of nitrogens with one attached hydrogen (secondary N) is 3. The number of amides is 4. The van der Waals surface area contributed by atoms with Crippen LogP contribution in [0.4, 0.5) is 18.0 Å². The van der Waals surface area contributed by atoms with E-state index in [-0.39, 0.29) is 25.3 Å². The molecule has 318 valence electrons. The third-order valence-electron chi connectivity index (χ3n) is 11.3. The van der Waals surface area contributed by atoms with Crippen LogP contribution in [0.1, 0.15) is 80.1 Å². The molecule has 3 N–H and O–H groups in total. The number of hydrogen-bond donors (Lipinski definition) is 3. The van der Waals surface area contributed by atoms with Crippen LogP contribution in [-0.2, 0) is 33.9 Å². The van der Waals surface area contributed by atoms with E-state index in [1.807, 2.05) is 19.1 Å². The van der Waals surface area contributed by atoms with E-state index in [0.717, 1.165) is 4.90 Å². The molecule has 2 aliphatic heterocycles. The molecule has 0 spiro atoms. The standard InChI is InChI=1S/C39H50F3N5O10S/c1-7-54-29-20-43-32(27-15-11-10-14-26(27)29)56-25-18-28-31(48)45-38(34(50)46-58(52,53)37(6)16-17-37)19-24(38)13-9-8-12-22(2)55-23(3)30(33(49)47(28)21-25)44-35(51)57-36(4,5)39(40,41)42/h9-11,13-15,20,22-25,28,30H,7-8,12,16-19,21H2,1-6H3,(H,44,51)(H,45,48)(H,46,50)/b13-9-/t22-,23-,24+,25+,28-,30-,38+/m0/s1. The van der Waals surface area contributed by atoms with Crippen molar-refractivity contribution in [2.75, 3.05) is 13.2 Å². The molecule has 4 aliphatic rings. The summed E-state index contributed by atoms with van der Waals surface area (Å²) in [5.74, 6) is -2.55. The largest absolute Gasteiger partial charge is 0.492 e. The smallest absolute Gasteiger partial charge is 0.427 e. The third-order valence-corrected chi connectivity index (χ3v) is 13.5. The summed E-state index contributed by atoms with van der Waals surface area (Å²) in [5, 5.41) is 6.29. The Morgan fingerprint density at radius 2 is 1.81 bits per heavy atom. The molecule has 2 aliphatic carbocycles. The summed E-state index contributed by atoms with van der Waals surface area (Å²) in [7, 11) is -4.09. The predicted molar refractivity (Wildman–Crippen MR) is 203 cm³/mol. The van der Waals surface area contributed by atoms with Crippen LogP contribution in [0.15, 0.2) is 42.6 Å². The first kappa shape index (κ1) is 42.9. The van der Waals surface area contributed by atoms with Crippen LogP contribution in [0.5, 0.6) is 11.6 Å². The van der Waals surface area contributed by atoms with Crippen molar-refractivity contribution in [3.8, 4) is 11.6 Å². The Balaban J connectivity index is 1.36. The molecule has 0 radical (unpaired) electrons. The highest BCUT2D eigenvalue weighted by atomic mass is 32.2. The first-order valence-corrected chi connectivity index (χ1v) is 20.8. The molecule has 1 aromatic heterocycles. The maximum absolute atomic E-state index is 14.7. The second-order valence-corrected chi connectivity index (χ2v) is 18.4. The van der Waals surface area contributed by atoms with Gasteiger partial charge in [-0.1, -0.05) is 30.4 Å². The number of halogens is 3. The Labute approximate surface area is 334 Å². The first-order chi connectivity index (χ1) is 27.1. The fourth-order valence-corrected chi connectivity index (χ4v) is 8.53. The quantitative estimate of drug-likeness (QED) is 0.303. The van der Waals surface area contributed by atoms with E-state index < -0.39 is 92.2 Å². The number of allylic oxidation sites excluding steroid dienone is 1. The lowest BCUT2D eigenvalue weighted by molar-refractivity contribution is -0.244. The van der Waals surface area contributed by atoms with Crippen LogP contribution in [0.2, 0.25) is 0 Å². The lowest BCUT2D eigenvalue weighted by atomic mass is 10.1. The number of alkyl carbamates (subject to hydrolysis) is 1. The van der Waals surface area contributed by atoms with Gasteiger partial charge in [0.05, 0.1) is 36.3 Å². The van der Waals surface area contributed by atoms with Gasteiger partial charge >= 0.3 is 12.3 Å². The fourth-order valence-electron chi connectivity index (χ4n) is 7.21. The number of benzene rings is 1. The van der Waals surface area contributed by atoms with Crippen LogP contribution in [0.25, 0.3) is 10.8 Å². The molecule has 15 nitrogen and oxygen atoms in total. The summed E-state index contributed by atoms with van der Waals surface area (Å²) in [6.07, 6.45) is -2.61. The van der Waals surface area contributed by atoms with Gasteiger partial charge in [-0.25, -0.2) is 18.2 Å². The zero-order valence-electron chi connectivity index (χ0n) is 33.2. The highest BCUT2D eigenvalue weighted by Gasteiger charge is 2.63. The second kappa shape index (κ2) is 15.8. The monoisotopic (exact) mass is 837 g/mol. The lowest BCUT2D eigenvalue weighted by Crippen LogP contribution is -2.60. The van der Waals surface area contributed by atoms with Crippen molar-refractivity contribution in [3.05, 3.63) is 42.6 Å². The van der Waals surface area contributed by atoms with Crippen LogP contribution in [-0.4, -0.2) is 108 Å². The maximum Gasteiger partial charge on any atom is 0.427 e. The number of carbonyl (C=O) groups is 4. The zero-order valence-corrected chi connectivity index (χ0v) is 34.0. The number of sulfonamides is 1. The van der Waals surface area contributed by atoms with Crippen molar-refractivity contribution in [2.24, 2.45) is 5.92 Å². The highest BCUT2D eigenvalue weighted by molar-refractivity contribution is 7.91. The number of rotatable bonds is 9. The molecule has 3 fully saturated rings. The summed E-state index contributed by atoms with van der Waals surface area (Å²) in [6.45, 7) is 7.97. The fraction of sp³-hybridized carbons (Fsp3) is 0.615. The molecule has 2 aromatic rings. The minimum absolute atomic E-state index is 0.0735. The van der Waals surface area contributed by atoms with E-state index in [0.29, 0.717) is 62.7 Å². The van der Waals surface area contributed by atoms with E-state index in [4.69, 9.17) is 18.9 Å². The molecule has 0 bridgehead atoms. The van der Waals surface area contributed by atoms with E-state index in [9.17, 15) is 40.8 Å². The van der Waals surface area contributed by atoms with E-state index in [2.05, 4.69) is 20.3 Å². The van der Waals surface area contributed by atoms with Crippen LogP contribution >= 0.6 is 0 Å². The molecule has 0 unspecified atom stereocenters. The van der Waals surface area contributed by atoms with Gasteiger partial charge in [0.25, 0.3) is 5.91 Å². The summed E-state index contributed by atoms with van der Waals surface area (Å²) in [5.41, 5.74) is -4.60. The van der Waals surface area contributed by atoms with Gasteiger partial charge in [0.15, 0.2) is 0 Å². The summed E-state index contributed by atoms with van der Waals surface area (Å²) in [6, 6.07) is 4.13. The number of carbonyl (C=O) groups excluding carboxylic acids is 4. The number of pyridine rings is 1. The van der Waals surface area contributed by atoms with Crippen molar-refractivity contribution in [2.45, 2.75) is 133 Å². The predicted octanol–water partition coefficient (Wildman–Crippen LogP) is 4.43. The molecule has 6 rings (SSSR count). The van der Waals surface area contributed by atoms with Gasteiger partial charge < -0.3 is 34.5 Å². The third kappa shape index (κ3) is 8.70. The first-order valence-electron chi connectivity index (χ1n) is 19.4. The molecule has 1 saturated heterocycles. The average Bonchev–Trinajstić information content (AvgIpc) is 4.02. The Morgan fingerprint density at radius 3 is 2.47 bits per heavy atom. The van der Waals surface area contributed by atoms with Crippen LogP contribution < -0.4 is 24.8 Å². The van der Waals surface area contributed by atoms with Gasteiger partial charge in [-0.3, -0.25) is 19.1 Å². The van der Waals surface area contributed by atoms with Gasteiger partial charge in [-0.15, -0.1) is 0 Å². The van der Waals surface area contributed by atoms with E-state index in [1.165, 1.54) is 20.0 Å². The van der Waals surface area contributed by atoms with Gasteiger partial charge in [0.2, 0.25) is 33.3 Å². The minimum atomic E-state index is -4.94. The molecule has 1 aromatic carbocycles.